The fraction of sp³-hybridized carbons (Fsp3) is 0.667. The van der Waals surface area contributed by atoms with E-state index in [0.29, 0.717) is 0 Å². The van der Waals surface area contributed by atoms with Gasteiger partial charge in [-0.3, -0.25) is 0 Å². The summed E-state index contributed by atoms with van der Waals surface area (Å²) in [4.78, 5) is 8.18. The van der Waals surface area contributed by atoms with Crippen molar-refractivity contribution in [2.45, 2.75) is 46.6 Å². The maximum Gasteiger partial charge on any atom is 0.144 e. The second-order valence-corrected chi connectivity index (χ2v) is 6.82. The Balaban J connectivity index is 2.77. The molecule has 0 bridgehead atoms. The molecule has 0 aliphatic carbocycles. The second kappa shape index (κ2) is 4.70. The summed E-state index contributed by atoms with van der Waals surface area (Å²) < 4.78 is 0.900. The summed E-state index contributed by atoms with van der Waals surface area (Å²) in [5.74, 6) is 0.851. The molecule has 0 aromatic carbocycles. The molecule has 0 saturated heterocycles. The summed E-state index contributed by atoms with van der Waals surface area (Å²) in [6.07, 6.45) is 4.37. The predicted molar refractivity (Wildman–Crippen MR) is 71.5 cm³/mol. The average Bonchev–Trinajstić information content (AvgIpc) is 2.04. The molecule has 0 unspecified atom stereocenters. The quantitative estimate of drug-likeness (QED) is 0.916. The Kier molecular flexibility index (Phi) is 3.94. The lowest BCUT2D eigenvalue weighted by Gasteiger charge is -2.33. The minimum absolute atomic E-state index is 0.00905. The summed E-state index contributed by atoms with van der Waals surface area (Å²) in [6.45, 7) is 11.1. The molecular formula is C12H20BrN3. The predicted octanol–water partition coefficient (Wildman–Crippen LogP) is 3.87. The fourth-order valence-electron chi connectivity index (χ4n) is 2.10. The summed E-state index contributed by atoms with van der Waals surface area (Å²) in [7, 11) is 0. The number of aromatic nitrogens is 2. The van der Waals surface area contributed by atoms with E-state index in [1.807, 2.05) is 0 Å². The van der Waals surface area contributed by atoms with Gasteiger partial charge in [0.05, 0.1) is 4.47 Å². The highest BCUT2D eigenvalue weighted by Crippen LogP contribution is 2.30. The zero-order valence-electron chi connectivity index (χ0n) is 10.6. The van der Waals surface area contributed by atoms with Crippen molar-refractivity contribution in [3.8, 4) is 0 Å². The number of hydrogen-bond acceptors (Lipinski definition) is 3. The van der Waals surface area contributed by atoms with Gasteiger partial charge in [0.2, 0.25) is 0 Å². The molecule has 0 aliphatic rings. The Morgan fingerprint density at radius 3 is 2.38 bits per heavy atom. The molecule has 1 N–H and O–H groups in total. The zero-order valence-corrected chi connectivity index (χ0v) is 12.2. The minimum atomic E-state index is 0.00905. The molecule has 0 atom stereocenters. The first-order valence-corrected chi connectivity index (χ1v) is 6.23. The maximum atomic E-state index is 4.22. The van der Waals surface area contributed by atoms with Gasteiger partial charge in [-0.15, -0.1) is 0 Å². The van der Waals surface area contributed by atoms with E-state index in [0.717, 1.165) is 16.7 Å². The lowest BCUT2D eigenvalue weighted by molar-refractivity contribution is 0.302. The molecule has 16 heavy (non-hydrogen) atoms. The van der Waals surface area contributed by atoms with Crippen molar-refractivity contribution >= 4 is 21.7 Å². The maximum absolute atomic E-state index is 4.22. The minimum Gasteiger partial charge on any atom is -0.364 e. The van der Waals surface area contributed by atoms with E-state index in [1.54, 1.807) is 12.5 Å². The van der Waals surface area contributed by atoms with E-state index in [1.165, 1.54) is 0 Å². The van der Waals surface area contributed by atoms with E-state index in [-0.39, 0.29) is 11.0 Å². The van der Waals surface area contributed by atoms with Crippen LogP contribution in [-0.2, 0) is 0 Å². The molecule has 0 saturated carbocycles. The first kappa shape index (κ1) is 13.4. The summed E-state index contributed by atoms with van der Waals surface area (Å²) in [5.41, 5.74) is 0.297. The van der Waals surface area contributed by atoms with Gasteiger partial charge in [-0.05, 0) is 41.6 Å². The van der Waals surface area contributed by atoms with Crippen LogP contribution in [-0.4, -0.2) is 15.5 Å². The van der Waals surface area contributed by atoms with Crippen molar-refractivity contribution in [2.24, 2.45) is 5.41 Å². The molecule has 3 nitrogen and oxygen atoms in total. The van der Waals surface area contributed by atoms with Gasteiger partial charge in [0.25, 0.3) is 0 Å². The Morgan fingerprint density at radius 1 is 1.25 bits per heavy atom. The Bertz CT molecular complexity index is 356. The van der Waals surface area contributed by atoms with Crippen molar-refractivity contribution in [3.63, 3.8) is 0 Å². The molecular weight excluding hydrogens is 266 g/mol. The van der Waals surface area contributed by atoms with E-state index >= 15 is 0 Å². The summed E-state index contributed by atoms with van der Waals surface area (Å²) in [6, 6.07) is 0. The fourth-order valence-corrected chi connectivity index (χ4v) is 2.41. The second-order valence-electron chi connectivity index (χ2n) is 5.97. The van der Waals surface area contributed by atoms with Crippen LogP contribution in [0, 0.1) is 5.41 Å². The smallest absolute Gasteiger partial charge is 0.144 e. The zero-order chi connectivity index (χ0) is 12.4. The van der Waals surface area contributed by atoms with Crippen LogP contribution in [0.4, 0.5) is 5.82 Å². The molecule has 1 aromatic rings. The van der Waals surface area contributed by atoms with Crippen LogP contribution in [0.1, 0.15) is 41.0 Å². The van der Waals surface area contributed by atoms with Crippen molar-refractivity contribution in [1.82, 2.24) is 9.97 Å². The van der Waals surface area contributed by atoms with Gasteiger partial charge >= 0.3 is 0 Å². The van der Waals surface area contributed by atoms with Gasteiger partial charge in [0.15, 0.2) is 0 Å². The Hall–Kier alpha value is -0.640. The topological polar surface area (TPSA) is 37.8 Å². The van der Waals surface area contributed by atoms with Crippen molar-refractivity contribution < 1.29 is 0 Å². The normalized spacial score (nSPS) is 12.6. The molecule has 0 radical (unpaired) electrons. The first-order valence-electron chi connectivity index (χ1n) is 5.43. The third-order valence-electron chi connectivity index (χ3n) is 2.10. The molecule has 90 valence electrons. The molecule has 0 aliphatic heterocycles. The number of halogens is 1. The molecule has 0 spiro atoms. The van der Waals surface area contributed by atoms with Crippen molar-refractivity contribution in [2.75, 3.05) is 5.32 Å². The van der Waals surface area contributed by atoms with Gasteiger partial charge in [0, 0.05) is 11.7 Å². The van der Waals surface area contributed by atoms with E-state index in [9.17, 15) is 0 Å². The van der Waals surface area contributed by atoms with Crippen LogP contribution in [0.25, 0.3) is 0 Å². The Morgan fingerprint density at radius 2 is 1.88 bits per heavy atom. The van der Waals surface area contributed by atoms with Gasteiger partial charge < -0.3 is 5.32 Å². The van der Waals surface area contributed by atoms with Crippen LogP contribution in [0.5, 0.6) is 0 Å². The summed E-state index contributed by atoms with van der Waals surface area (Å²) >= 11 is 3.44. The molecule has 4 heteroatoms. The molecule has 0 fully saturated rings. The van der Waals surface area contributed by atoms with Crippen LogP contribution in [0.2, 0.25) is 0 Å². The lowest BCUT2D eigenvalue weighted by Crippen LogP contribution is -2.35. The highest BCUT2D eigenvalue weighted by molar-refractivity contribution is 9.10. The number of rotatable bonds is 3. The van der Waals surface area contributed by atoms with Crippen molar-refractivity contribution in [1.29, 1.82) is 0 Å². The lowest BCUT2D eigenvalue weighted by atomic mass is 9.82. The standard InChI is InChI=1S/C12H20BrN3/c1-11(2,3)7-12(4,5)16-10-9(13)6-14-8-15-10/h6,8H,7H2,1-5H3,(H,14,15,16). The number of anilines is 1. The molecule has 1 heterocycles. The monoisotopic (exact) mass is 285 g/mol. The van der Waals surface area contributed by atoms with Crippen molar-refractivity contribution in [3.05, 3.63) is 17.0 Å². The summed E-state index contributed by atoms with van der Waals surface area (Å²) in [5, 5.41) is 3.45. The highest BCUT2D eigenvalue weighted by atomic mass is 79.9. The van der Waals surface area contributed by atoms with Crippen LogP contribution in [0.3, 0.4) is 0 Å². The molecule has 1 aromatic heterocycles. The number of nitrogens with zero attached hydrogens (tertiary/aromatic N) is 2. The Labute approximate surface area is 106 Å². The first-order chi connectivity index (χ1) is 7.20. The van der Waals surface area contributed by atoms with Gasteiger partial charge in [-0.1, -0.05) is 20.8 Å². The van der Waals surface area contributed by atoms with Gasteiger partial charge in [-0.25, -0.2) is 9.97 Å². The van der Waals surface area contributed by atoms with Gasteiger partial charge in [-0.2, -0.15) is 0 Å². The van der Waals surface area contributed by atoms with Crippen LogP contribution >= 0.6 is 15.9 Å². The molecule has 1 rings (SSSR count). The number of hydrogen-bond donors (Lipinski definition) is 1. The van der Waals surface area contributed by atoms with Gasteiger partial charge in [0.1, 0.15) is 12.1 Å². The average molecular weight is 286 g/mol. The van der Waals surface area contributed by atoms with E-state index < -0.39 is 0 Å². The van der Waals surface area contributed by atoms with E-state index in [2.05, 4.69) is 65.8 Å². The third-order valence-corrected chi connectivity index (χ3v) is 2.68. The van der Waals surface area contributed by atoms with E-state index in [4.69, 9.17) is 0 Å². The third kappa shape index (κ3) is 4.47. The van der Waals surface area contributed by atoms with Crippen LogP contribution < -0.4 is 5.32 Å². The SMILES string of the molecule is CC(C)(C)CC(C)(C)Nc1ncncc1Br. The van der Waals surface area contributed by atoms with Crippen LogP contribution in [0.15, 0.2) is 17.0 Å². The molecule has 0 amide bonds. The highest BCUT2D eigenvalue weighted by Gasteiger charge is 2.26. The largest absolute Gasteiger partial charge is 0.364 e. The number of nitrogens with one attached hydrogen (secondary N) is 1.